The molecule has 0 aliphatic rings. The fraction of sp³-hybridized carbons (Fsp3) is 0.158. The molecule has 0 aliphatic carbocycles. The monoisotopic (exact) mass is 354 g/mol. The van der Waals surface area contributed by atoms with Crippen molar-refractivity contribution in [2.24, 2.45) is 0 Å². The number of anilines is 4. The number of rotatable bonds is 6. The first-order chi connectivity index (χ1) is 12.1. The second-order valence-electron chi connectivity index (χ2n) is 5.69. The standard InChI is InChI=1S/C19H19ClN4O/c1-13(2)25-15-9-7-14(8-10-15)22-18-11-12-21-19(24-18)23-17-6-4-3-5-16(17)20/h3-13H,1-2H3,(H2,21,22,23,24). The SMILES string of the molecule is CC(C)Oc1ccc(Nc2ccnc(Nc3ccccc3Cl)n2)cc1. The topological polar surface area (TPSA) is 59.1 Å². The van der Waals surface area contributed by atoms with Crippen LogP contribution in [0.1, 0.15) is 13.8 Å². The Morgan fingerprint density at radius 1 is 0.960 bits per heavy atom. The maximum absolute atomic E-state index is 6.15. The van der Waals surface area contributed by atoms with Crippen LogP contribution in [0, 0.1) is 0 Å². The normalized spacial score (nSPS) is 10.6. The Labute approximate surface area is 152 Å². The highest BCUT2D eigenvalue weighted by atomic mass is 35.5. The molecule has 25 heavy (non-hydrogen) atoms. The molecule has 0 radical (unpaired) electrons. The van der Waals surface area contributed by atoms with E-state index < -0.39 is 0 Å². The summed E-state index contributed by atoms with van der Waals surface area (Å²) in [5, 5.41) is 6.98. The molecular formula is C19H19ClN4O. The van der Waals surface area contributed by atoms with E-state index in [2.05, 4.69) is 20.6 Å². The molecule has 3 aromatic rings. The Balaban J connectivity index is 1.70. The van der Waals surface area contributed by atoms with Gasteiger partial charge < -0.3 is 15.4 Å². The van der Waals surface area contributed by atoms with E-state index in [1.165, 1.54) is 0 Å². The van der Waals surface area contributed by atoms with Gasteiger partial charge in [-0.3, -0.25) is 0 Å². The maximum atomic E-state index is 6.15. The van der Waals surface area contributed by atoms with Gasteiger partial charge in [-0.15, -0.1) is 0 Å². The minimum absolute atomic E-state index is 0.152. The summed E-state index contributed by atoms with van der Waals surface area (Å²) in [6, 6.07) is 17.0. The molecule has 0 unspecified atom stereocenters. The van der Waals surface area contributed by atoms with Gasteiger partial charge in [0.1, 0.15) is 11.6 Å². The highest BCUT2D eigenvalue weighted by Gasteiger charge is 2.04. The highest BCUT2D eigenvalue weighted by molar-refractivity contribution is 6.33. The third-order valence-electron chi connectivity index (χ3n) is 3.27. The number of nitrogens with zero attached hydrogens (tertiary/aromatic N) is 2. The van der Waals surface area contributed by atoms with Crippen LogP contribution >= 0.6 is 11.6 Å². The van der Waals surface area contributed by atoms with Gasteiger partial charge in [0, 0.05) is 11.9 Å². The van der Waals surface area contributed by atoms with Crippen LogP contribution in [0.4, 0.5) is 23.1 Å². The van der Waals surface area contributed by atoms with Crippen molar-refractivity contribution in [2.75, 3.05) is 10.6 Å². The largest absolute Gasteiger partial charge is 0.491 e. The molecule has 1 heterocycles. The van der Waals surface area contributed by atoms with E-state index in [-0.39, 0.29) is 6.10 Å². The number of hydrogen-bond acceptors (Lipinski definition) is 5. The number of para-hydroxylation sites is 1. The van der Waals surface area contributed by atoms with Gasteiger partial charge in [-0.1, -0.05) is 23.7 Å². The van der Waals surface area contributed by atoms with Crippen LogP contribution in [0.2, 0.25) is 5.02 Å². The second-order valence-corrected chi connectivity index (χ2v) is 6.09. The van der Waals surface area contributed by atoms with E-state index in [4.69, 9.17) is 16.3 Å². The van der Waals surface area contributed by atoms with E-state index in [1.807, 2.05) is 62.4 Å². The molecule has 5 nitrogen and oxygen atoms in total. The molecule has 2 N–H and O–H groups in total. The zero-order chi connectivity index (χ0) is 17.6. The second kappa shape index (κ2) is 7.85. The van der Waals surface area contributed by atoms with Gasteiger partial charge >= 0.3 is 0 Å². The van der Waals surface area contributed by atoms with Gasteiger partial charge in [0.05, 0.1) is 16.8 Å². The van der Waals surface area contributed by atoms with Crippen LogP contribution in [0.15, 0.2) is 60.8 Å². The van der Waals surface area contributed by atoms with Crippen molar-refractivity contribution in [1.29, 1.82) is 0 Å². The summed E-state index contributed by atoms with van der Waals surface area (Å²) in [4.78, 5) is 8.68. The first-order valence-electron chi connectivity index (χ1n) is 7.98. The summed E-state index contributed by atoms with van der Waals surface area (Å²) in [7, 11) is 0. The van der Waals surface area contributed by atoms with Crippen molar-refractivity contribution in [3.8, 4) is 5.75 Å². The number of benzene rings is 2. The van der Waals surface area contributed by atoms with Gasteiger partial charge in [-0.05, 0) is 56.3 Å². The van der Waals surface area contributed by atoms with E-state index in [0.29, 0.717) is 16.8 Å². The molecule has 0 amide bonds. The smallest absolute Gasteiger partial charge is 0.229 e. The Morgan fingerprint density at radius 2 is 1.72 bits per heavy atom. The Hall–Kier alpha value is -2.79. The third-order valence-corrected chi connectivity index (χ3v) is 3.60. The van der Waals surface area contributed by atoms with E-state index in [0.717, 1.165) is 17.1 Å². The Kier molecular flexibility index (Phi) is 5.36. The van der Waals surface area contributed by atoms with Crippen molar-refractivity contribution in [3.63, 3.8) is 0 Å². The number of aromatic nitrogens is 2. The summed E-state index contributed by atoms with van der Waals surface area (Å²) in [5.74, 6) is 1.99. The van der Waals surface area contributed by atoms with Gasteiger partial charge in [0.25, 0.3) is 0 Å². The van der Waals surface area contributed by atoms with E-state index in [9.17, 15) is 0 Å². The molecule has 0 saturated heterocycles. The average molecular weight is 355 g/mol. The molecule has 0 aliphatic heterocycles. The summed E-state index contributed by atoms with van der Waals surface area (Å²) >= 11 is 6.15. The average Bonchev–Trinajstić information content (AvgIpc) is 2.59. The molecule has 2 aromatic carbocycles. The first kappa shape index (κ1) is 17.0. The zero-order valence-corrected chi connectivity index (χ0v) is 14.8. The lowest BCUT2D eigenvalue weighted by atomic mass is 10.3. The molecule has 0 saturated carbocycles. The lowest BCUT2D eigenvalue weighted by molar-refractivity contribution is 0.242. The third kappa shape index (κ3) is 4.84. The van der Waals surface area contributed by atoms with Crippen LogP contribution < -0.4 is 15.4 Å². The lowest BCUT2D eigenvalue weighted by Gasteiger charge is -2.11. The highest BCUT2D eigenvalue weighted by Crippen LogP contribution is 2.24. The predicted octanol–water partition coefficient (Wildman–Crippen LogP) is 5.40. The van der Waals surface area contributed by atoms with Crippen molar-refractivity contribution in [3.05, 3.63) is 65.8 Å². The van der Waals surface area contributed by atoms with Crippen LogP contribution in [0.5, 0.6) is 5.75 Å². The van der Waals surface area contributed by atoms with Crippen molar-refractivity contribution in [1.82, 2.24) is 9.97 Å². The van der Waals surface area contributed by atoms with Crippen LogP contribution in [0.3, 0.4) is 0 Å². The summed E-state index contributed by atoms with van der Waals surface area (Å²) in [6.45, 7) is 4.00. The minimum Gasteiger partial charge on any atom is -0.491 e. The maximum Gasteiger partial charge on any atom is 0.229 e. The quantitative estimate of drug-likeness (QED) is 0.620. The van der Waals surface area contributed by atoms with Crippen molar-refractivity contribution >= 4 is 34.7 Å². The Bertz CT molecular complexity index is 837. The molecule has 6 heteroatoms. The van der Waals surface area contributed by atoms with E-state index >= 15 is 0 Å². The summed E-state index contributed by atoms with van der Waals surface area (Å²) < 4.78 is 5.64. The molecule has 128 valence electrons. The van der Waals surface area contributed by atoms with Crippen molar-refractivity contribution < 1.29 is 4.74 Å². The summed E-state index contributed by atoms with van der Waals surface area (Å²) in [6.07, 6.45) is 1.84. The molecule has 3 rings (SSSR count). The molecule has 1 aromatic heterocycles. The van der Waals surface area contributed by atoms with E-state index in [1.54, 1.807) is 12.3 Å². The summed E-state index contributed by atoms with van der Waals surface area (Å²) in [5.41, 5.74) is 1.68. The van der Waals surface area contributed by atoms with Crippen LogP contribution in [-0.4, -0.2) is 16.1 Å². The number of hydrogen-bond donors (Lipinski definition) is 2. The first-order valence-corrected chi connectivity index (χ1v) is 8.36. The zero-order valence-electron chi connectivity index (χ0n) is 14.0. The fourth-order valence-electron chi connectivity index (χ4n) is 2.21. The molecule has 0 atom stereocenters. The van der Waals surface area contributed by atoms with Crippen molar-refractivity contribution in [2.45, 2.75) is 20.0 Å². The fourth-order valence-corrected chi connectivity index (χ4v) is 2.39. The van der Waals surface area contributed by atoms with Gasteiger partial charge in [0.2, 0.25) is 5.95 Å². The van der Waals surface area contributed by atoms with Crippen LogP contribution in [-0.2, 0) is 0 Å². The minimum atomic E-state index is 0.152. The lowest BCUT2D eigenvalue weighted by Crippen LogP contribution is -2.05. The van der Waals surface area contributed by atoms with Gasteiger partial charge in [-0.2, -0.15) is 4.98 Å². The molecule has 0 bridgehead atoms. The van der Waals surface area contributed by atoms with Gasteiger partial charge in [-0.25, -0.2) is 4.98 Å². The number of nitrogens with one attached hydrogen (secondary N) is 2. The molecular weight excluding hydrogens is 336 g/mol. The van der Waals surface area contributed by atoms with Gasteiger partial charge in [0.15, 0.2) is 0 Å². The number of halogens is 1. The number of ether oxygens (including phenoxy) is 1. The molecule has 0 fully saturated rings. The predicted molar refractivity (Wildman–Crippen MR) is 102 cm³/mol. The van der Waals surface area contributed by atoms with Crippen LogP contribution in [0.25, 0.3) is 0 Å². The Morgan fingerprint density at radius 3 is 2.44 bits per heavy atom. The molecule has 0 spiro atoms.